The van der Waals surface area contributed by atoms with Crippen LogP contribution in [0.5, 0.6) is 0 Å². The van der Waals surface area contributed by atoms with Gasteiger partial charge in [0.25, 0.3) is 0 Å². The highest BCUT2D eigenvalue weighted by atomic mass is 16.2. The molecule has 0 aliphatic heterocycles. The Hall–Kier alpha value is -0.570. The lowest BCUT2D eigenvalue weighted by Crippen LogP contribution is -2.48. The second kappa shape index (κ2) is 4.61. The van der Waals surface area contributed by atoms with Gasteiger partial charge >= 0.3 is 0 Å². The summed E-state index contributed by atoms with van der Waals surface area (Å²) < 4.78 is 0. The molecule has 1 fully saturated rings. The Bertz CT molecular complexity index is 174. The molecule has 3 heteroatoms. The van der Waals surface area contributed by atoms with Crippen LogP contribution in [0.3, 0.4) is 0 Å². The third-order valence-electron chi connectivity index (χ3n) is 2.51. The van der Waals surface area contributed by atoms with Crippen molar-refractivity contribution in [2.45, 2.75) is 38.6 Å². The molecule has 0 heterocycles. The summed E-state index contributed by atoms with van der Waals surface area (Å²) in [5, 5.41) is 3.77. The lowest BCUT2D eigenvalue weighted by atomic mass is 9.95. The molecule has 0 spiro atoms. The summed E-state index contributed by atoms with van der Waals surface area (Å²) in [5.41, 5.74) is 0. The van der Waals surface area contributed by atoms with Crippen LogP contribution in [0.25, 0.3) is 0 Å². The van der Waals surface area contributed by atoms with E-state index in [9.17, 15) is 4.79 Å². The Balaban J connectivity index is 2.57. The number of nitrogens with zero attached hydrogens (tertiary/aromatic N) is 2. The van der Waals surface area contributed by atoms with Gasteiger partial charge in [0.1, 0.15) is 0 Å². The van der Waals surface area contributed by atoms with Gasteiger partial charge in [-0.15, -0.1) is 0 Å². The lowest BCUT2D eigenvalue weighted by molar-refractivity contribution is -0.148. The van der Waals surface area contributed by atoms with Gasteiger partial charge in [0.15, 0.2) is 0 Å². The van der Waals surface area contributed by atoms with Gasteiger partial charge in [-0.3, -0.25) is 9.80 Å². The SMILES string of the molecule is CC(=O)N(C1CC[CH]CC1)N(C)C. The van der Waals surface area contributed by atoms with E-state index >= 15 is 0 Å². The molecule has 1 rings (SSSR count). The predicted octanol–water partition coefficient (Wildman–Crippen LogP) is 1.46. The summed E-state index contributed by atoms with van der Waals surface area (Å²) in [5.74, 6) is 0.150. The average molecular weight is 183 g/mol. The highest BCUT2D eigenvalue weighted by Crippen LogP contribution is 2.22. The van der Waals surface area contributed by atoms with Crippen LogP contribution in [0.1, 0.15) is 32.6 Å². The average Bonchev–Trinajstić information content (AvgIpc) is 2.04. The fraction of sp³-hybridized carbons (Fsp3) is 0.800. The molecule has 75 valence electrons. The molecule has 0 aromatic rings. The van der Waals surface area contributed by atoms with Gasteiger partial charge in [-0.1, -0.05) is 0 Å². The summed E-state index contributed by atoms with van der Waals surface area (Å²) in [6.45, 7) is 1.64. The zero-order valence-electron chi connectivity index (χ0n) is 8.79. The first kappa shape index (κ1) is 10.5. The van der Waals surface area contributed by atoms with E-state index in [0.717, 1.165) is 25.7 Å². The predicted molar refractivity (Wildman–Crippen MR) is 52.8 cm³/mol. The summed E-state index contributed by atoms with van der Waals surface area (Å²) >= 11 is 0. The van der Waals surface area contributed by atoms with Crippen molar-refractivity contribution < 1.29 is 4.79 Å². The fourth-order valence-electron chi connectivity index (χ4n) is 2.02. The minimum absolute atomic E-state index is 0.150. The summed E-state index contributed by atoms with van der Waals surface area (Å²) in [4.78, 5) is 11.4. The van der Waals surface area contributed by atoms with Gasteiger partial charge in [0, 0.05) is 27.1 Å². The molecular formula is C10H19N2O. The van der Waals surface area contributed by atoms with Crippen molar-refractivity contribution >= 4 is 5.91 Å². The van der Waals surface area contributed by atoms with Gasteiger partial charge < -0.3 is 0 Å². The van der Waals surface area contributed by atoms with Crippen molar-refractivity contribution in [3.05, 3.63) is 6.42 Å². The van der Waals surface area contributed by atoms with E-state index in [2.05, 4.69) is 6.42 Å². The maximum Gasteiger partial charge on any atom is 0.233 e. The second-order valence-electron chi connectivity index (χ2n) is 3.81. The number of rotatable bonds is 2. The fourth-order valence-corrected chi connectivity index (χ4v) is 2.02. The zero-order valence-corrected chi connectivity index (χ0v) is 8.79. The first-order valence-corrected chi connectivity index (χ1v) is 4.91. The van der Waals surface area contributed by atoms with Crippen molar-refractivity contribution in [2.75, 3.05) is 14.1 Å². The van der Waals surface area contributed by atoms with E-state index < -0.39 is 0 Å². The van der Waals surface area contributed by atoms with Crippen LogP contribution in [0.4, 0.5) is 0 Å². The van der Waals surface area contributed by atoms with Crippen molar-refractivity contribution in [3.63, 3.8) is 0 Å². The van der Waals surface area contributed by atoms with Crippen LogP contribution in [-0.2, 0) is 4.79 Å². The monoisotopic (exact) mass is 183 g/mol. The molecule has 0 bridgehead atoms. The van der Waals surface area contributed by atoms with Crippen LogP contribution in [0, 0.1) is 6.42 Å². The maximum atomic E-state index is 11.4. The first-order valence-electron chi connectivity index (χ1n) is 4.91. The molecule has 1 aliphatic carbocycles. The first-order chi connectivity index (χ1) is 6.13. The highest BCUT2D eigenvalue weighted by molar-refractivity contribution is 5.73. The van der Waals surface area contributed by atoms with Gasteiger partial charge in [-0.25, -0.2) is 5.01 Å². The number of hydrogen-bond donors (Lipinski definition) is 0. The van der Waals surface area contributed by atoms with Crippen LogP contribution in [0.15, 0.2) is 0 Å². The minimum atomic E-state index is 0.150. The summed E-state index contributed by atoms with van der Waals surface area (Å²) in [7, 11) is 3.86. The third-order valence-corrected chi connectivity index (χ3v) is 2.51. The van der Waals surface area contributed by atoms with Crippen molar-refractivity contribution in [2.24, 2.45) is 0 Å². The number of carbonyl (C=O) groups excluding carboxylic acids is 1. The van der Waals surface area contributed by atoms with Crippen LogP contribution >= 0.6 is 0 Å². The van der Waals surface area contributed by atoms with Gasteiger partial charge in [-0.05, 0) is 32.1 Å². The molecule has 0 atom stereocenters. The van der Waals surface area contributed by atoms with Gasteiger partial charge in [0.2, 0.25) is 5.91 Å². The van der Waals surface area contributed by atoms with E-state index in [1.807, 2.05) is 24.1 Å². The lowest BCUT2D eigenvalue weighted by Gasteiger charge is -2.37. The minimum Gasteiger partial charge on any atom is -0.274 e. The molecule has 3 nitrogen and oxygen atoms in total. The Morgan fingerprint density at radius 3 is 2.23 bits per heavy atom. The van der Waals surface area contributed by atoms with Crippen LogP contribution in [0.2, 0.25) is 0 Å². The Morgan fingerprint density at radius 2 is 1.85 bits per heavy atom. The Morgan fingerprint density at radius 1 is 1.31 bits per heavy atom. The zero-order chi connectivity index (χ0) is 9.84. The van der Waals surface area contributed by atoms with Crippen LogP contribution in [-0.4, -0.2) is 36.1 Å². The Labute approximate surface area is 80.7 Å². The third kappa shape index (κ3) is 2.69. The smallest absolute Gasteiger partial charge is 0.233 e. The molecule has 1 saturated carbocycles. The normalized spacial score (nSPS) is 19.1. The molecule has 0 aromatic heterocycles. The molecular weight excluding hydrogens is 164 g/mol. The molecule has 1 radical (unpaired) electrons. The van der Waals surface area contributed by atoms with E-state index in [1.54, 1.807) is 6.92 Å². The van der Waals surface area contributed by atoms with Crippen LogP contribution < -0.4 is 0 Å². The summed E-state index contributed by atoms with van der Waals surface area (Å²) in [6.07, 6.45) is 6.81. The van der Waals surface area contributed by atoms with Crippen molar-refractivity contribution in [1.82, 2.24) is 10.0 Å². The van der Waals surface area contributed by atoms with Gasteiger partial charge in [-0.2, -0.15) is 0 Å². The standard InChI is InChI=1S/C10H19N2O/c1-9(13)12(11(2)3)10-7-5-4-6-8-10/h4,10H,5-8H2,1-3H3. The second-order valence-corrected chi connectivity index (χ2v) is 3.81. The van der Waals surface area contributed by atoms with Crippen molar-refractivity contribution in [1.29, 1.82) is 0 Å². The van der Waals surface area contributed by atoms with E-state index in [0.29, 0.717) is 6.04 Å². The molecule has 0 saturated heterocycles. The van der Waals surface area contributed by atoms with Crippen molar-refractivity contribution in [3.8, 4) is 0 Å². The molecule has 0 aromatic carbocycles. The van der Waals surface area contributed by atoms with E-state index in [-0.39, 0.29) is 5.91 Å². The molecule has 0 unspecified atom stereocenters. The number of hydrogen-bond acceptors (Lipinski definition) is 2. The van der Waals surface area contributed by atoms with Gasteiger partial charge in [0.05, 0.1) is 0 Å². The van der Waals surface area contributed by atoms with E-state index in [4.69, 9.17) is 0 Å². The summed E-state index contributed by atoms with van der Waals surface area (Å²) in [6, 6.07) is 0.414. The maximum absolute atomic E-state index is 11.4. The molecule has 1 aliphatic rings. The molecule has 13 heavy (non-hydrogen) atoms. The molecule has 1 amide bonds. The largest absolute Gasteiger partial charge is 0.274 e. The number of carbonyl (C=O) groups is 1. The highest BCUT2D eigenvalue weighted by Gasteiger charge is 2.24. The number of hydrazine groups is 1. The Kier molecular flexibility index (Phi) is 3.72. The molecule has 0 N–H and O–H groups in total. The quantitative estimate of drug-likeness (QED) is 0.605. The number of amides is 1. The van der Waals surface area contributed by atoms with E-state index in [1.165, 1.54) is 0 Å². The topological polar surface area (TPSA) is 23.6 Å².